The summed E-state index contributed by atoms with van der Waals surface area (Å²) in [5, 5.41) is 2.90. The highest BCUT2D eigenvalue weighted by Crippen LogP contribution is 2.18. The third kappa shape index (κ3) is 5.78. The van der Waals surface area contributed by atoms with Gasteiger partial charge >= 0.3 is 6.03 Å². The SMILES string of the molecule is COCCC1COCCN1C(=O)Nc1ccc(N2CCN(S(C)(=O)=O)CC2)nc1. The summed E-state index contributed by atoms with van der Waals surface area (Å²) in [6, 6.07) is 3.47. The highest BCUT2D eigenvalue weighted by molar-refractivity contribution is 7.88. The number of urea groups is 1. The van der Waals surface area contributed by atoms with Crippen LogP contribution in [-0.2, 0) is 19.5 Å². The number of sulfonamides is 1. The summed E-state index contributed by atoms with van der Waals surface area (Å²) in [6.45, 7) is 4.19. The van der Waals surface area contributed by atoms with Crippen LogP contribution in [0.2, 0.25) is 0 Å². The fourth-order valence-corrected chi connectivity index (χ4v) is 4.33. The van der Waals surface area contributed by atoms with Crippen molar-refractivity contribution >= 4 is 27.6 Å². The summed E-state index contributed by atoms with van der Waals surface area (Å²) < 4.78 is 35.3. The third-order valence-corrected chi connectivity index (χ3v) is 6.48. The largest absolute Gasteiger partial charge is 0.385 e. The van der Waals surface area contributed by atoms with Crippen LogP contribution in [0.15, 0.2) is 18.3 Å². The Balaban J connectivity index is 1.55. The van der Waals surface area contributed by atoms with Gasteiger partial charge in [-0.1, -0.05) is 0 Å². The van der Waals surface area contributed by atoms with Crippen LogP contribution in [0.4, 0.5) is 16.3 Å². The second-order valence-electron chi connectivity index (χ2n) is 7.19. The minimum absolute atomic E-state index is 0.0120. The quantitative estimate of drug-likeness (QED) is 0.702. The number of morpholine rings is 1. The molecule has 29 heavy (non-hydrogen) atoms. The fraction of sp³-hybridized carbons (Fsp3) is 0.667. The summed E-state index contributed by atoms with van der Waals surface area (Å²) in [4.78, 5) is 20.9. The van der Waals surface area contributed by atoms with E-state index >= 15 is 0 Å². The Morgan fingerprint density at radius 3 is 2.66 bits per heavy atom. The summed E-state index contributed by atoms with van der Waals surface area (Å²) >= 11 is 0. The molecule has 0 saturated carbocycles. The smallest absolute Gasteiger partial charge is 0.322 e. The van der Waals surface area contributed by atoms with E-state index < -0.39 is 10.0 Å². The van der Waals surface area contributed by atoms with Crippen molar-refractivity contribution in [2.24, 2.45) is 0 Å². The van der Waals surface area contributed by atoms with Gasteiger partial charge < -0.3 is 24.6 Å². The lowest BCUT2D eigenvalue weighted by Crippen LogP contribution is -2.50. The number of hydrogen-bond acceptors (Lipinski definition) is 7. The maximum absolute atomic E-state index is 12.7. The lowest BCUT2D eigenvalue weighted by Gasteiger charge is -2.35. The molecule has 0 radical (unpaired) electrons. The maximum atomic E-state index is 12.7. The molecule has 1 atom stereocenters. The van der Waals surface area contributed by atoms with Crippen LogP contribution < -0.4 is 10.2 Å². The first-order valence-corrected chi connectivity index (χ1v) is 11.5. The van der Waals surface area contributed by atoms with Crippen LogP contribution in [0.25, 0.3) is 0 Å². The Bertz CT molecular complexity index is 780. The number of carbonyl (C=O) groups excluding carboxylic acids is 1. The van der Waals surface area contributed by atoms with Crippen LogP contribution in [0, 0.1) is 0 Å². The Morgan fingerprint density at radius 1 is 1.28 bits per heavy atom. The first kappa shape index (κ1) is 21.8. The average molecular weight is 428 g/mol. The normalized spacial score (nSPS) is 21.2. The third-order valence-electron chi connectivity index (χ3n) is 5.17. The average Bonchev–Trinajstić information content (AvgIpc) is 2.72. The molecule has 162 valence electrons. The molecule has 2 aliphatic heterocycles. The van der Waals surface area contributed by atoms with E-state index in [4.69, 9.17) is 9.47 Å². The Labute approximate surface area is 171 Å². The van der Waals surface area contributed by atoms with E-state index in [2.05, 4.69) is 10.3 Å². The van der Waals surface area contributed by atoms with E-state index in [0.717, 1.165) is 12.2 Å². The molecule has 0 bridgehead atoms. The molecule has 2 aliphatic rings. The zero-order chi connectivity index (χ0) is 20.9. The standard InChI is InChI=1S/C18H29N5O5S/c1-27-11-5-16-14-28-12-10-23(16)18(24)20-15-3-4-17(19-13-15)21-6-8-22(9-7-21)29(2,25)26/h3-4,13,16H,5-12,14H2,1-2H3,(H,20,24). The first-order valence-electron chi connectivity index (χ1n) is 9.69. The predicted octanol–water partition coefficient (Wildman–Crippen LogP) is 0.432. The summed E-state index contributed by atoms with van der Waals surface area (Å²) in [7, 11) is -1.51. The molecule has 3 rings (SSSR count). The molecule has 0 aromatic carbocycles. The second kappa shape index (κ2) is 9.70. The zero-order valence-corrected chi connectivity index (χ0v) is 17.7. The van der Waals surface area contributed by atoms with Crippen LogP contribution in [-0.4, -0.2) is 101 Å². The minimum Gasteiger partial charge on any atom is -0.385 e. The summed E-state index contributed by atoms with van der Waals surface area (Å²) in [6.07, 6.45) is 3.58. The van der Waals surface area contributed by atoms with Crippen molar-refractivity contribution < 1.29 is 22.7 Å². The highest BCUT2D eigenvalue weighted by atomic mass is 32.2. The summed E-state index contributed by atoms with van der Waals surface area (Å²) in [5.74, 6) is 0.764. The predicted molar refractivity (Wildman–Crippen MR) is 110 cm³/mol. The van der Waals surface area contributed by atoms with E-state index in [9.17, 15) is 13.2 Å². The number of pyridine rings is 1. The van der Waals surface area contributed by atoms with Crippen molar-refractivity contribution in [2.75, 3.05) is 76.1 Å². The topological polar surface area (TPSA) is 104 Å². The number of amides is 2. The molecule has 2 fully saturated rings. The number of hydrogen-bond donors (Lipinski definition) is 1. The van der Waals surface area contributed by atoms with Gasteiger partial charge in [0.1, 0.15) is 5.82 Å². The van der Waals surface area contributed by atoms with Gasteiger partial charge in [0.25, 0.3) is 0 Å². The van der Waals surface area contributed by atoms with Crippen LogP contribution in [0.3, 0.4) is 0 Å². The Hall–Kier alpha value is -1.95. The maximum Gasteiger partial charge on any atom is 0.322 e. The first-order chi connectivity index (χ1) is 13.9. The van der Waals surface area contributed by atoms with Gasteiger partial charge in [0, 0.05) is 46.4 Å². The van der Waals surface area contributed by atoms with Crippen molar-refractivity contribution in [3.63, 3.8) is 0 Å². The van der Waals surface area contributed by atoms with Crippen molar-refractivity contribution in [1.29, 1.82) is 0 Å². The van der Waals surface area contributed by atoms with E-state index in [1.165, 1.54) is 10.6 Å². The molecule has 0 aliphatic carbocycles. The van der Waals surface area contributed by atoms with Crippen molar-refractivity contribution in [3.8, 4) is 0 Å². The number of methoxy groups -OCH3 is 1. The van der Waals surface area contributed by atoms with Crippen LogP contribution in [0.1, 0.15) is 6.42 Å². The van der Waals surface area contributed by atoms with E-state index in [-0.39, 0.29) is 12.1 Å². The summed E-state index contributed by atoms with van der Waals surface area (Å²) in [5.41, 5.74) is 0.616. The number of carbonyl (C=O) groups is 1. The molecule has 10 nitrogen and oxygen atoms in total. The van der Waals surface area contributed by atoms with Gasteiger partial charge in [0.15, 0.2) is 0 Å². The molecule has 1 aromatic rings. The molecule has 0 spiro atoms. The number of nitrogens with one attached hydrogen (secondary N) is 1. The number of aromatic nitrogens is 1. The minimum atomic E-state index is -3.16. The molecular weight excluding hydrogens is 398 g/mol. The number of nitrogens with zero attached hydrogens (tertiary/aromatic N) is 4. The number of anilines is 2. The van der Waals surface area contributed by atoms with Crippen molar-refractivity contribution in [2.45, 2.75) is 12.5 Å². The Morgan fingerprint density at radius 2 is 2.03 bits per heavy atom. The monoisotopic (exact) mass is 427 g/mol. The van der Waals surface area contributed by atoms with Crippen LogP contribution >= 0.6 is 0 Å². The van der Waals surface area contributed by atoms with Gasteiger partial charge in [-0.2, -0.15) is 4.31 Å². The highest BCUT2D eigenvalue weighted by Gasteiger charge is 2.27. The fourth-order valence-electron chi connectivity index (χ4n) is 3.51. The van der Waals surface area contributed by atoms with Crippen LogP contribution in [0.5, 0.6) is 0 Å². The van der Waals surface area contributed by atoms with Gasteiger partial charge in [-0.15, -0.1) is 0 Å². The second-order valence-corrected chi connectivity index (χ2v) is 9.17. The van der Waals surface area contributed by atoms with Gasteiger partial charge in [0.2, 0.25) is 10.0 Å². The zero-order valence-electron chi connectivity index (χ0n) is 16.9. The van der Waals surface area contributed by atoms with Gasteiger partial charge in [0.05, 0.1) is 37.4 Å². The molecule has 2 amide bonds. The van der Waals surface area contributed by atoms with Crippen molar-refractivity contribution in [3.05, 3.63) is 18.3 Å². The molecule has 1 unspecified atom stereocenters. The van der Waals surface area contributed by atoms with Gasteiger partial charge in [-0.3, -0.25) is 0 Å². The van der Waals surface area contributed by atoms with E-state index in [0.29, 0.717) is 58.2 Å². The molecule has 1 N–H and O–H groups in total. The van der Waals surface area contributed by atoms with Gasteiger partial charge in [-0.25, -0.2) is 18.2 Å². The Kier molecular flexibility index (Phi) is 7.28. The van der Waals surface area contributed by atoms with Gasteiger partial charge in [-0.05, 0) is 18.6 Å². The molecule has 3 heterocycles. The molecular formula is C18H29N5O5S. The molecule has 1 aromatic heterocycles. The van der Waals surface area contributed by atoms with E-state index in [1.54, 1.807) is 18.2 Å². The number of piperazine rings is 1. The molecule has 11 heteroatoms. The lowest BCUT2D eigenvalue weighted by atomic mass is 10.2. The van der Waals surface area contributed by atoms with E-state index in [1.807, 2.05) is 17.0 Å². The lowest BCUT2D eigenvalue weighted by molar-refractivity contribution is 0.00449. The number of rotatable bonds is 6. The molecule has 2 saturated heterocycles. The number of ether oxygens (including phenoxy) is 2. The van der Waals surface area contributed by atoms with Crippen molar-refractivity contribution in [1.82, 2.24) is 14.2 Å².